The first kappa shape index (κ1) is 19.7. The van der Waals surface area contributed by atoms with E-state index in [1.807, 2.05) is 25.1 Å². The third kappa shape index (κ3) is 4.69. The van der Waals surface area contributed by atoms with E-state index in [0.717, 1.165) is 30.8 Å². The van der Waals surface area contributed by atoms with Gasteiger partial charge < -0.3 is 20.3 Å². The molecule has 9 heteroatoms. The van der Waals surface area contributed by atoms with Crippen LogP contribution in [-0.2, 0) is 4.74 Å². The van der Waals surface area contributed by atoms with Crippen molar-refractivity contribution in [2.24, 2.45) is 0 Å². The Morgan fingerprint density at radius 2 is 1.83 bits per heavy atom. The maximum absolute atomic E-state index is 13.7. The van der Waals surface area contributed by atoms with E-state index in [-0.39, 0.29) is 5.56 Å². The molecule has 1 fully saturated rings. The molecule has 0 bridgehead atoms. The van der Waals surface area contributed by atoms with Crippen molar-refractivity contribution in [2.75, 3.05) is 41.8 Å². The number of amides is 1. The molecular weight excluding hydrogens is 387 g/mol. The molecule has 0 radical (unpaired) electrons. The Bertz CT molecular complexity index is 1040. The highest BCUT2D eigenvalue weighted by Crippen LogP contribution is 2.22. The molecule has 0 atom stereocenters. The number of hydrogen-bond acceptors (Lipinski definition) is 7. The lowest BCUT2D eigenvalue weighted by Gasteiger charge is -2.28. The summed E-state index contributed by atoms with van der Waals surface area (Å²) in [6.45, 7) is 4.81. The summed E-state index contributed by atoms with van der Waals surface area (Å²) in [5, 5.41) is 5.93. The predicted molar refractivity (Wildman–Crippen MR) is 112 cm³/mol. The predicted octanol–water partition coefficient (Wildman–Crippen LogP) is 3.15. The fourth-order valence-electron chi connectivity index (χ4n) is 3.11. The van der Waals surface area contributed by atoms with E-state index < -0.39 is 11.7 Å². The number of ether oxygens (including phenoxy) is 1. The van der Waals surface area contributed by atoms with E-state index in [1.54, 1.807) is 12.1 Å². The summed E-state index contributed by atoms with van der Waals surface area (Å²) in [6.07, 6.45) is 2.39. The Kier molecular flexibility index (Phi) is 5.80. The molecule has 1 aliphatic rings. The Morgan fingerprint density at radius 1 is 1.10 bits per heavy atom. The molecule has 30 heavy (non-hydrogen) atoms. The second kappa shape index (κ2) is 8.83. The Morgan fingerprint density at radius 3 is 2.57 bits per heavy atom. The number of aryl methyl sites for hydroxylation is 1. The summed E-state index contributed by atoms with van der Waals surface area (Å²) < 4.78 is 19.1. The van der Waals surface area contributed by atoms with Crippen molar-refractivity contribution in [3.05, 3.63) is 66.0 Å². The Labute approximate surface area is 173 Å². The fraction of sp³-hybridized carbons (Fsp3) is 0.238. The molecular formula is C21H21FN6O2. The lowest BCUT2D eigenvalue weighted by atomic mass is 10.2. The summed E-state index contributed by atoms with van der Waals surface area (Å²) in [5.41, 5.74) is 1.29. The molecule has 1 amide bonds. The van der Waals surface area contributed by atoms with Gasteiger partial charge in [-0.3, -0.25) is 9.78 Å². The number of aromatic nitrogens is 3. The average Bonchev–Trinajstić information content (AvgIpc) is 2.75. The molecule has 0 spiro atoms. The number of hydrogen-bond donors (Lipinski definition) is 2. The van der Waals surface area contributed by atoms with Crippen molar-refractivity contribution >= 4 is 28.9 Å². The van der Waals surface area contributed by atoms with Crippen LogP contribution in [0.25, 0.3) is 0 Å². The van der Waals surface area contributed by atoms with Gasteiger partial charge in [-0.2, -0.15) is 0 Å². The van der Waals surface area contributed by atoms with Gasteiger partial charge in [0.05, 0.1) is 25.0 Å². The molecule has 0 aliphatic carbocycles. The first-order valence-electron chi connectivity index (χ1n) is 9.55. The summed E-state index contributed by atoms with van der Waals surface area (Å²) in [6, 6.07) is 10.3. The maximum atomic E-state index is 13.7. The third-order valence-electron chi connectivity index (χ3n) is 4.59. The number of halogens is 1. The van der Waals surface area contributed by atoms with Crippen molar-refractivity contribution in [3.8, 4) is 0 Å². The van der Waals surface area contributed by atoms with Crippen LogP contribution in [0.5, 0.6) is 0 Å². The molecule has 1 saturated heterocycles. The molecule has 3 aromatic rings. The highest BCUT2D eigenvalue weighted by atomic mass is 19.1. The molecule has 3 heterocycles. The van der Waals surface area contributed by atoms with Gasteiger partial charge in [-0.1, -0.05) is 0 Å². The van der Waals surface area contributed by atoms with E-state index in [2.05, 4.69) is 30.5 Å². The summed E-state index contributed by atoms with van der Waals surface area (Å²) >= 11 is 0. The van der Waals surface area contributed by atoms with E-state index >= 15 is 0 Å². The van der Waals surface area contributed by atoms with Gasteiger partial charge in [0.1, 0.15) is 17.5 Å². The number of morpholine rings is 1. The quantitative estimate of drug-likeness (QED) is 0.670. The first-order chi connectivity index (χ1) is 14.6. The molecule has 0 saturated carbocycles. The molecule has 8 nitrogen and oxygen atoms in total. The lowest BCUT2D eigenvalue weighted by molar-refractivity contribution is 0.102. The van der Waals surface area contributed by atoms with Crippen molar-refractivity contribution < 1.29 is 13.9 Å². The number of nitrogens with zero attached hydrogens (tertiary/aromatic N) is 4. The zero-order chi connectivity index (χ0) is 20.9. The average molecular weight is 408 g/mol. The molecule has 1 aromatic carbocycles. The van der Waals surface area contributed by atoms with Gasteiger partial charge in [0.15, 0.2) is 5.82 Å². The van der Waals surface area contributed by atoms with Gasteiger partial charge in [-0.15, -0.1) is 0 Å². The van der Waals surface area contributed by atoms with Gasteiger partial charge in [-0.25, -0.2) is 14.4 Å². The zero-order valence-electron chi connectivity index (χ0n) is 16.4. The number of nitrogens with one attached hydrogen (secondary N) is 2. The lowest BCUT2D eigenvalue weighted by Crippen LogP contribution is -2.36. The van der Waals surface area contributed by atoms with Crippen LogP contribution in [-0.4, -0.2) is 47.2 Å². The van der Waals surface area contributed by atoms with Crippen molar-refractivity contribution in [1.82, 2.24) is 15.0 Å². The van der Waals surface area contributed by atoms with Crippen LogP contribution in [0.4, 0.5) is 27.4 Å². The second-order valence-corrected chi connectivity index (χ2v) is 6.77. The van der Waals surface area contributed by atoms with Crippen LogP contribution in [0, 0.1) is 12.7 Å². The van der Waals surface area contributed by atoms with Crippen LogP contribution in [0.3, 0.4) is 0 Å². The van der Waals surface area contributed by atoms with Crippen LogP contribution in [0.15, 0.2) is 48.8 Å². The summed E-state index contributed by atoms with van der Waals surface area (Å²) in [4.78, 5) is 27.0. The zero-order valence-corrected chi connectivity index (χ0v) is 16.4. The normalized spacial score (nSPS) is 13.7. The minimum atomic E-state index is -0.663. The molecule has 0 unspecified atom stereocenters. The molecule has 4 rings (SSSR count). The minimum absolute atomic E-state index is 0.0562. The van der Waals surface area contributed by atoms with Gasteiger partial charge in [0.2, 0.25) is 0 Å². The number of rotatable bonds is 5. The van der Waals surface area contributed by atoms with Crippen LogP contribution in [0.2, 0.25) is 0 Å². The van der Waals surface area contributed by atoms with Gasteiger partial charge in [0, 0.05) is 36.7 Å². The minimum Gasteiger partial charge on any atom is -0.378 e. The molecule has 154 valence electrons. The Balaban J connectivity index is 1.44. The van der Waals surface area contributed by atoms with E-state index in [9.17, 15) is 9.18 Å². The molecule has 2 N–H and O–H groups in total. The fourth-order valence-corrected chi connectivity index (χ4v) is 3.11. The number of benzene rings is 1. The van der Waals surface area contributed by atoms with Gasteiger partial charge in [0.25, 0.3) is 5.91 Å². The number of carbonyl (C=O) groups is 1. The highest BCUT2D eigenvalue weighted by Gasteiger charge is 2.14. The summed E-state index contributed by atoms with van der Waals surface area (Å²) in [5.74, 6) is 1.02. The standard InChI is InChI=1S/C21H21FN6O2/c1-14-24-19(12-20(25-14)28-8-10-30-11-9-28)26-15-2-4-16(5-3-15)27-21(29)17-6-7-23-13-18(17)22/h2-7,12-13H,8-11H2,1H3,(H,27,29)(H,24,25,26). The smallest absolute Gasteiger partial charge is 0.258 e. The van der Waals surface area contributed by atoms with Crippen molar-refractivity contribution in [2.45, 2.75) is 6.92 Å². The largest absolute Gasteiger partial charge is 0.378 e. The number of anilines is 4. The highest BCUT2D eigenvalue weighted by molar-refractivity contribution is 6.04. The van der Waals surface area contributed by atoms with Crippen LogP contribution < -0.4 is 15.5 Å². The van der Waals surface area contributed by atoms with E-state index in [4.69, 9.17) is 4.74 Å². The van der Waals surface area contributed by atoms with Crippen LogP contribution >= 0.6 is 0 Å². The first-order valence-corrected chi connectivity index (χ1v) is 9.55. The molecule has 1 aliphatic heterocycles. The number of carbonyl (C=O) groups excluding carboxylic acids is 1. The number of pyridine rings is 1. The maximum Gasteiger partial charge on any atom is 0.258 e. The van der Waals surface area contributed by atoms with Crippen LogP contribution in [0.1, 0.15) is 16.2 Å². The Hall–Kier alpha value is -3.59. The SMILES string of the molecule is Cc1nc(Nc2ccc(NC(=O)c3ccncc3F)cc2)cc(N2CCOCC2)n1. The monoisotopic (exact) mass is 408 g/mol. The summed E-state index contributed by atoms with van der Waals surface area (Å²) in [7, 11) is 0. The second-order valence-electron chi connectivity index (χ2n) is 6.77. The van der Waals surface area contributed by atoms with E-state index in [1.165, 1.54) is 12.3 Å². The van der Waals surface area contributed by atoms with Crippen molar-refractivity contribution in [3.63, 3.8) is 0 Å². The van der Waals surface area contributed by atoms with Crippen molar-refractivity contribution in [1.29, 1.82) is 0 Å². The molecule has 2 aromatic heterocycles. The topological polar surface area (TPSA) is 92.3 Å². The van der Waals surface area contributed by atoms with Gasteiger partial charge in [-0.05, 0) is 37.3 Å². The third-order valence-corrected chi connectivity index (χ3v) is 4.59. The van der Waals surface area contributed by atoms with E-state index in [0.29, 0.717) is 30.5 Å². The van der Waals surface area contributed by atoms with Gasteiger partial charge >= 0.3 is 0 Å².